The number of fused-ring (bicyclic) bond motifs is 1. The van der Waals surface area contributed by atoms with Gasteiger partial charge in [0.05, 0.1) is 16.6 Å². The molecule has 11 heteroatoms. The van der Waals surface area contributed by atoms with E-state index in [-0.39, 0.29) is 35.7 Å². The first-order valence-corrected chi connectivity index (χ1v) is 15.4. The smallest absolute Gasteiger partial charge is 0.293 e. The minimum Gasteiger partial charge on any atom is -0.343 e. The fraction of sp³-hybridized carbons (Fsp3) is 0.375. The highest BCUT2D eigenvalue weighted by molar-refractivity contribution is 7.14. The number of aryl methyl sites for hydroxylation is 3. The summed E-state index contributed by atoms with van der Waals surface area (Å²) in [4.78, 5) is 49.0. The van der Waals surface area contributed by atoms with E-state index in [1.54, 1.807) is 24.2 Å². The summed E-state index contributed by atoms with van der Waals surface area (Å²) < 4.78 is 16.3. The van der Waals surface area contributed by atoms with Crippen molar-refractivity contribution >= 4 is 40.2 Å². The lowest BCUT2D eigenvalue weighted by Gasteiger charge is -2.37. The molecular formula is C32H35FN6O3S. The molecule has 43 heavy (non-hydrogen) atoms. The van der Waals surface area contributed by atoms with Gasteiger partial charge in [-0.05, 0) is 73.7 Å². The number of allylic oxidation sites excluding steroid dienone is 2. The summed E-state index contributed by atoms with van der Waals surface area (Å²) in [5, 5.41) is 5.97. The Morgan fingerprint density at radius 3 is 2.58 bits per heavy atom. The van der Waals surface area contributed by atoms with Gasteiger partial charge in [0.1, 0.15) is 11.9 Å². The summed E-state index contributed by atoms with van der Waals surface area (Å²) in [5.74, 6) is -0.525. The molecule has 3 aromatic rings. The molecule has 9 nitrogen and oxygen atoms in total. The van der Waals surface area contributed by atoms with Crippen molar-refractivity contribution in [1.82, 2.24) is 24.7 Å². The van der Waals surface area contributed by atoms with Gasteiger partial charge >= 0.3 is 0 Å². The van der Waals surface area contributed by atoms with Gasteiger partial charge in [-0.15, -0.1) is 11.3 Å². The molecule has 2 aliphatic carbocycles. The van der Waals surface area contributed by atoms with Gasteiger partial charge in [-0.3, -0.25) is 19.3 Å². The molecule has 1 saturated heterocycles. The molecule has 3 aliphatic rings. The zero-order valence-corrected chi connectivity index (χ0v) is 25.3. The molecule has 1 aliphatic heterocycles. The zero-order chi connectivity index (χ0) is 30.2. The lowest BCUT2D eigenvalue weighted by Crippen LogP contribution is -2.48. The van der Waals surface area contributed by atoms with Crippen LogP contribution in [0, 0.1) is 0 Å². The topological polar surface area (TPSA) is 99.6 Å². The molecule has 1 fully saturated rings. The summed E-state index contributed by atoms with van der Waals surface area (Å²) in [6, 6.07) is 8.17. The second-order valence-corrected chi connectivity index (χ2v) is 12.7. The molecule has 0 radical (unpaired) electrons. The molecule has 2 atom stereocenters. The summed E-state index contributed by atoms with van der Waals surface area (Å²) >= 11 is 1.50. The maximum atomic E-state index is 14.9. The van der Waals surface area contributed by atoms with Gasteiger partial charge in [0.2, 0.25) is 5.91 Å². The third-order valence-electron chi connectivity index (χ3n) is 8.45. The summed E-state index contributed by atoms with van der Waals surface area (Å²) in [7, 11) is 5.39. The van der Waals surface area contributed by atoms with Gasteiger partial charge in [0.25, 0.3) is 11.5 Å². The number of rotatable bonds is 6. The normalized spacial score (nSPS) is 20.7. The molecule has 6 rings (SSSR count). The van der Waals surface area contributed by atoms with Crippen LogP contribution in [-0.4, -0.2) is 64.4 Å². The van der Waals surface area contributed by atoms with Crippen molar-refractivity contribution in [2.24, 2.45) is 7.05 Å². The predicted molar refractivity (Wildman–Crippen MR) is 166 cm³/mol. The van der Waals surface area contributed by atoms with Gasteiger partial charge in [0, 0.05) is 50.4 Å². The number of anilines is 2. The molecule has 0 saturated carbocycles. The van der Waals surface area contributed by atoms with Crippen LogP contribution in [0.25, 0.3) is 5.57 Å². The van der Waals surface area contributed by atoms with Crippen LogP contribution >= 0.6 is 11.3 Å². The highest BCUT2D eigenvalue weighted by Gasteiger charge is 2.32. The Bertz CT molecular complexity index is 1670. The number of carbonyl (C=O) groups excluding carboxylic acids is 2. The van der Waals surface area contributed by atoms with E-state index in [1.165, 1.54) is 32.4 Å². The van der Waals surface area contributed by atoms with Crippen molar-refractivity contribution in [3.8, 4) is 0 Å². The van der Waals surface area contributed by atoms with Crippen LogP contribution in [0.15, 0.2) is 59.3 Å². The number of piperazine rings is 1. The monoisotopic (exact) mass is 602 g/mol. The average Bonchev–Trinajstić information content (AvgIpc) is 3.44. The maximum absolute atomic E-state index is 14.9. The highest BCUT2D eigenvalue weighted by atomic mass is 32.1. The van der Waals surface area contributed by atoms with Gasteiger partial charge < -0.3 is 20.1 Å². The fourth-order valence-corrected chi connectivity index (χ4v) is 7.05. The van der Waals surface area contributed by atoms with Gasteiger partial charge in [-0.1, -0.05) is 18.2 Å². The van der Waals surface area contributed by atoms with Crippen molar-refractivity contribution < 1.29 is 14.0 Å². The first-order valence-electron chi connectivity index (χ1n) is 14.6. The van der Waals surface area contributed by atoms with E-state index in [1.807, 2.05) is 49.3 Å². The second kappa shape index (κ2) is 11.9. The average molecular weight is 603 g/mol. The molecule has 2 N–H and O–H groups in total. The number of benzene rings is 1. The van der Waals surface area contributed by atoms with Crippen molar-refractivity contribution in [2.45, 2.75) is 44.2 Å². The van der Waals surface area contributed by atoms with Crippen molar-refractivity contribution in [1.29, 1.82) is 0 Å². The molecule has 3 heterocycles. The zero-order valence-electron chi connectivity index (χ0n) is 24.5. The number of nitrogens with one attached hydrogen (secondary N) is 2. The molecule has 1 unspecified atom stereocenters. The van der Waals surface area contributed by atoms with Gasteiger partial charge in [-0.2, -0.15) is 0 Å². The lowest BCUT2D eigenvalue weighted by atomic mass is 9.97. The largest absolute Gasteiger partial charge is 0.343 e. The van der Waals surface area contributed by atoms with Crippen LogP contribution in [0.2, 0.25) is 0 Å². The third-order valence-corrected chi connectivity index (χ3v) is 9.69. The number of likely N-dealkylation sites (N-methyl/N-ethyl adjacent to an activating group) is 2. The van der Waals surface area contributed by atoms with Crippen molar-refractivity contribution in [3.63, 3.8) is 0 Å². The Kier molecular flexibility index (Phi) is 8.02. The molecular weight excluding hydrogens is 567 g/mol. The predicted octanol–water partition coefficient (Wildman–Crippen LogP) is 4.35. The SMILES string of the molecule is CN1CCN(C)[C@@H](c2ccc(Nc3nc(C4=CC=C(F)C(NC(=O)c5cc6c(s5)CCCC6)C4)cn(C)c3=O)cc2)C1=O. The molecule has 2 amide bonds. The highest BCUT2D eigenvalue weighted by Crippen LogP contribution is 2.32. The number of nitrogens with zero attached hydrogens (tertiary/aromatic N) is 4. The number of halogens is 1. The maximum Gasteiger partial charge on any atom is 0.293 e. The van der Waals surface area contributed by atoms with Crippen LogP contribution in [0.1, 0.15) is 56.7 Å². The number of thiophene rings is 1. The van der Waals surface area contributed by atoms with Crippen LogP contribution < -0.4 is 16.2 Å². The van der Waals surface area contributed by atoms with Crippen LogP contribution in [0.3, 0.4) is 0 Å². The first-order chi connectivity index (χ1) is 20.7. The Morgan fingerprint density at radius 1 is 1.05 bits per heavy atom. The van der Waals surface area contributed by atoms with Crippen LogP contribution in [-0.2, 0) is 24.7 Å². The van der Waals surface area contributed by atoms with Crippen molar-refractivity contribution in [3.05, 3.63) is 91.4 Å². The van der Waals surface area contributed by atoms with E-state index in [2.05, 4.69) is 15.6 Å². The Balaban J connectivity index is 1.18. The lowest BCUT2D eigenvalue weighted by molar-refractivity contribution is -0.139. The van der Waals surface area contributed by atoms with Crippen LogP contribution in [0.4, 0.5) is 15.9 Å². The van der Waals surface area contributed by atoms with Gasteiger partial charge in [0.15, 0.2) is 5.82 Å². The van der Waals surface area contributed by atoms with E-state index in [0.29, 0.717) is 28.4 Å². The minimum absolute atomic E-state index is 0.0490. The van der Waals surface area contributed by atoms with E-state index in [4.69, 9.17) is 0 Å². The van der Waals surface area contributed by atoms with E-state index in [9.17, 15) is 18.8 Å². The summed E-state index contributed by atoms with van der Waals surface area (Å²) in [6.07, 6.45) is 9.05. The summed E-state index contributed by atoms with van der Waals surface area (Å²) in [6.45, 7) is 1.48. The molecule has 2 aromatic heterocycles. The minimum atomic E-state index is -0.825. The first kappa shape index (κ1) is 29.0. The number of hydrogen-bond donors (Lipinski definition) is 2. The standard InChI is InChI=1S/C32H35FN6O3S/c1-37-14-15-38(2)31(41)28(37)19-8-11-22(12-9-19)34-29-32(42)39(3)18-25(35-29)20-10-13-23(33)24(16-20)36-30(40)27-17-21-6-4-5-7-26(21)43-27/h8-13,17-18,24,28H,4-7,14-16H2,1-3H3,(H,34,35)(H,36,40)/t24?,28-/m0/s1. The molecule has 0 bridgehead atoms. The number of carbonyl (C=O) groups is 2. The second-order valence-electron chi connectivity index (χ2n) is 11.5. The third kappa shape index (κ3) is 5.92. The Hall–Kier alpha value is -4.09. The Labute approximate surface area is 253 Å². The van der Waals surface area contributed by atoms with E-state index < -0.39 is 11.9 Å². The van der Waals surface area contributed by atoms with E-state index in [0.717, 1.165) is 37.8 Å². The number of aromatic nitrogens is 2. The molecule has 1 aromatic carbocycles. The summed E-state index contributed by atoms with van der Waals surface area (Å²) in [5.41, 5.74) is 3.64. The van der Waals surface area contributed by atoms with E-state index >= 15 is 0 Å². The van der Waals surface area contributed by atoms with Gasteiger partial charge in [-0.25, -0.2) is 9.37 Å². The molecule has 224 valence electrons. The quantitative estimate of drug-likeness (QED) is 0.436. The number of amides is 2. The number of hydrogen-bond acceptors (Lipinski definition) is 7. The Morgan fingerprint density at radius 2 is 1.81 bits per heavy atom. The molecule has 0 spiro atoms. The van der Waals surface area contributed by atoms with Crippen LogP contribution in [0.5, 0.6) is 0 Å². The fourth-order valence-electron chi connectivity index (χ4n) is 5.89. The van der Waals surface area contributed by atoms with Crippen molar-refractivity contribution in [2.75, 3.05) is 32.5 Å².